The zero-order valence-corrected chi connectivity index (χ0v) is 12.6. The van der Waals surface area contributed by atoms with Gasteiger partial charge in [0.15, 0.2) is 0 Å². The first-order valence-corrected chi connectivity index (χ1v) is 9.35. The fourth-order valence-electron chi connectivity index (χ4n) is 3.54. The van der Waals surface area contributed by atoms with Gasteiger partial charge in [-0.1, -0.05) is 19.3 Å². The number of hydrogen-bond acceptors (Lipinski definition) is 3. The van der Waals surface area contributed by atoms with E-state index in [-0.39, 0.29) is 12.6 Å². The molecule has 2 aliphatic rings. The van der Waals surface area contributed by atoms with E-state index in [0.717, 1.165) is 32.1 Å². The molecule has 0 bridgehead atoms. The van der Waals surface area contributed by atoms with Crippen molar-refractivity contribution >= 4 is 10.0 Å². The zero-order valence-electron chi connectivity index (χ0n) is 11.8. The summed E-state index contributed by atoms with van der Waals surface area (Å²) in [6.07, 6.45) is 9.24. The summed E-state index contributed by atoms with van der Waals surface area (Å²) in [7, 11) is -3.09. The van der Waals surface area contributed by atoms with Crippen LogP contribution in [0, 0.1) is 5.92 Å². The minimum absolute atomic E-state index is 0.140. The van der Waals surface area contributed by atoms with Crippen LogP contribution in [-0.2, 0) is 10.0 Å². The van der Waals surface area contributed by atoms with Crippen LogP contribution >= 0.6 is 0 Å². The van der Waals surface area contributed by atoms with Gasteiger partial charge < -0.3 is 5.11 Å². The first kappa shape index (κ1) is 15.3. The highest BCUT2D eigenvalue weighted by atomic mass is 32.2. The molecule has 5 heteroatoms. The summed E-state index contributed by atoms with van der Waals surface area (Å²) in [6, 6.07) is 0.140. The molecule has 19 heavy (non-hydrogen) atoms. The monoisotopic (exact) mass is 289 g/mol. The predicted molar refractivity (Wildman–Crippen MR) is 76.4 cm³/mol. The molecule has 0 aromatic heterocycles. The van der Waals surface area contributed by atoms with E-state index in [2.05, 4.69) is 0 Å². The molecule has 0 aromatic rings. The SMILES string of the molecule is O=S(=O)(CC1CCCCC1)N1CCCC1CCCO. The van der Waals surface area contributed by atoms with Gasteiger partial charge in [-0.2, -0.15) is 4.31 Å². The molecular formula is C14H27NO3S. The van der Waals surface area contributed by atoms with E-state index in [0.29, 0.717) is 24.6 Å². The van der Waals surface area contributed by atoms with Gasteiger partial charge in [-0.15, -0.1) is 0 Å². The van der Waals surface area contributed by atoms with Gasteiger partial charge in [-0.3, -0.25) is 0 Å². The Bertz CT molecular complexity index is 363. The molecule has 0 spiro atoms. The number of aliphatic hydroxyl groups excluding tert-OH is 1. The Kier molecular flexibility index (Phi) is 5.66. The molecule has 1 saturated carbocycles. The molecule has 112 valence electrons. The Morgan fingerprint density at radius 3 is 2.47 bits per heavy atom. The van der Waals surface area contributed by atoms with Crippen molar-refractivity contribution in [2.24, 2.45) is 5.92 Å². The minimum Gasteiger partial charge on any atom is -0.396 e. The standard InChI is InChI=1S/C14H27NO3S/c16-11-5-9-14-8-4-10-15(14)19(17,18)12-13-6-2-1-3-7-13/h13-14,16H,1-12H2. The summed E-state index contributed by atoms with van der Waals surface area (Å²) in [5, 5.41) is 8.91. The number of aliphatic hydroxyl groups is 1. The Balaban J connectivity index is 1.93. The third-order valence-corrected chi connectivity index (χ3v) is 6.63. The average molecular weight is 289 g/mol. The van der Waals surface area contributed by atoms with Crippen molar-refractivity contribution in [3.8, 4) is 0 Å². The summed E-state index contributed by atoms with van der Waals surface area (Å²) >= 11 is 0. The van der Waals surface area contributed by atoms with E-state index in [1.165, 1.54) is 19.3 Å². The van der Waals surface area contributed by atoms with Crippen LogP contribution in [0.15, 0.2) is 0 Å². The fraction of sp³-hybridized carbons (Fsp3) is 1.00. The van der Waals surface area contributed by atoms with Crippen molar-refractivity contribution in [1.82, 2.24) is 4.31 Å². The third kappa shape index (κ3) is 4.17. The second kappa shape index (κ2) is 7.04. The smallest absolute Gasteiger partial charge is 0.214 e. The summed E-state index contributed by atoms with van der Waals surface area (Å²) in [4.78, 5) is 0. The third-order valence-electron chi connectivity index (χ3n) is 4.55. The van der Waals surface area contributed by atoms with Gasteiger partial charge in [-0.25, -0.2) is 8.42 Å². The summed E-state index contributed by atoms with van der Waals surface area (Å²) in [5.74, 6) is 0.723. The van der Waals surface area contributed by atoms with Crippen molar-refractivity contribution in [3.63, 3.8) is 0 Å². The summed E-state index contributed by atoms with van der Waals surface area (Å²) < 4.78 is 26.8. The Hall–Kier alpha value is -0.130. The Morgan fingerprint density at radius 1 is 1.05 bits per heavy atom. The highest BCUT2D eigenvalue weighted by Gasteiger charge is 2.35. The van der Waals surface area contributed by atoms with Crippen molar-refractivity contribution in [2.45, 2.75) is 63.8 Å². The van der Waals surface area contributed by atoms with Gasteiger partial charge in [0.25, 0.3) is 0 Å². The Morgan fingerprint density at radius 2 is 1.79 bits per heavy atom. The molecule has 2 rings (SSSR count). The van der Waals surface area contributed by atoms with Crippen LogP contribution < -0.4 is 0 Å². The first-order chi connectivity index (χ1) is 9.13. The van der Waals surface area contributed by atoms with Gasteiger partial charge >= 0.3 is 0 Å². The fourth-order valence-corrected chi connectivity index (χ4v) is 5.73. The first-order valence-electron chi connectivity index (χ1n) is 7.74. The lowest BCUT2D eigenvalue weighted by Crippen LogP contribution is -2.39. The van der Waals surface area contributed by atoms with Crippen LogP contribution in [0.3, 0.4) is 0 Å². The van der Waals surface area contributed by atoms with E-state index in [1.807, 2.05) is 0 Å². The number of hydrogen-bond donors (Lipinski definition) is 1. The van der Waals surface area contributed by atoms with Gasteiger partial charge in [0.2, 0.25) is 10.0 Å². The van der Waals surface area contributed by atoms with Gasteiger partial charge in [0.05, 0.1) is 5.75 Å². The Labute approximate surface area is 117 Å². The molecule has 1 unspecified atom stereocenters. The molecule has 1 aliphatic heterocycles. The molecule has 1 atom stereocenters. The largest absolute Gasteiger partial charge is 0.396 e. The van der Waals surface area contributed by atoms with Gasteiger partial charge in [-0.05, 0) is 44.4 Å². The van der Waals surface area contributed by atoms with E-state index in [9.17, 15) is 8.42 Å². The molecule has 4 nitrogen and oxygen atoms in total. The average Bonchev–Trinajstić information content (AvgIpc) is 2.86. The molecule has 0 aromatic carbocycles. The van der Waals surface area contributed by atoms with Crippen LogP contribution in [0.4, 0.5) is 0 Å². The lowest BCUT2D eigenvalue weighted by Gasteiger charge is -2.28. The lowest BCUT2D eigenvalue weighted by atomic mass is 9.91. The lowest BCUT2D eigenvalue weighted by molar-refractivity contribution is 0.263. The summed E-state index contributed by atoms with van der Waals surface area (Å²) in [5.41, 5.74) is 0. The number of rotatable bonds is 6. The maximum Gasteiger partial charge on any atom is 0.214 e. The predicted octanol–water partition coefficient (Wildman–Crippen LogP) is 2.13. The normalized spacial score (nSPS) is 26.9. The molecule has 1 aliphatic carbocycles. The van der Waals surface area contributed by atoms with Crippen LogP contribution in [-0.4, -0.2) is 42.8 Å². The van der Waals surface area contributed by atoms with E-state index < -0.39 is 10.0 Å². The van der Waals surface area contributed by atoms with Gasteiger partial charge in [0.1, 0.15) is 0 Å². The topological polar surface area (TPSA) is 57.6 Å². The second-order valence-corrected chi connectivity index (χ2v) is 8.02. The maximum absolute atomic E-state index is 12.5. The molecule has 1 N–H and O–H groups in total. The van der Waals surface area contributed by atoms with E-state index in [1.54, 1.807) is 4.31 Å². The second-order valence-electron chi connectivity index (χ2n) is 6.06. The molecule has 0 radical (unpaired) electrons. The highest BCUT2D eigenvalue weighted by molar-refractivity contribution is 7.89. The van der Waals surface area contributed by atoms with Crippen molar-refractivity contribution < 1.29 is 13.5 Å². The van der Waals surface area contributed by atoms with Crippen molar-refractivity contribution in [1.29, 1.82) is 0 Å². The molecule has 1 saturated heterocycles. The molecule has 1 heterocycles. The van der Waals surface area contributed by atoms with Crippen LogP contribution in [0.5, 0.6) is 0 Å². The number of nitrogens with zero attached hydrogens (tertiary/aromatic N) is 1. The van der Waals surface area contributed by atoms with Gasteiger partial charge in [0, 0.05) is 19.2 Å². The van der Waals surface area contributed by atoms with E-state index >= 15 is 0 Å². The molecule has 2 fully saturated rings. The quantitative estimate of drug-likeness (QED) is 0.815. The van der Waals surface area contributed by atoms with Crippen LogP contribution in [0.25, 0.3) is 0 Å². The maximum atomic E-state index is 12.5. The minimum atomic E-state index is -3.09. The molecular weight excluding hydrogens is 262 g/mol. The highest BCUT2D eigenvalue weighted by Crippen LogP contribution is 2.29. The molecule has 0 amide bonds. The summed E-state index contributed by atoms with van der Waals surface area (Å²) in [6.45, 7) is 0.845. The van der Waals surface area contributed by atoms with Crippen LogP contribution in [0.2, 0.25) is 0 Å². The number of sulfonamides is 1. The van der Waals surface area contributed by atoms with Crippen LogP contribution in [0.1, 0.15) is 57.8 Å². The zero-order chi connectivity index (χ0) is 13.7. The van der Waals surface area contributed by atoms with Crippen molar-refractivity contribution in [2.75, 3.05) is 18.9 Å². The van der Waals surface area contributed by atoms with Crippen molar-refractivity contribution in [3.05, 3.63) is 0 Å². The van der Waals surface area contributed by atoms with E-state index in [4.69, 9.17) is 5.11 Å².